The van der Waals surface area contributed by atoms with Crippen molar-refractivity contribution in [2.24, 2.45) is 12.8 Å². The number of ether oxygens (including phenoxy) is 2. The third kappa shape index (κ3) is 6.55. The molecule has 0 spiro atoms. The van der Waals surface area contributed by atoms with Gasteiger partial charge in [-0.3, -0.25) is 0 Å². The van der Waals surface area contributed by atoms with Crippen molar-refractivity contribution in [3.63, 3.8) is 0 Å². The molecule has 0 radical (unpaired) electrons. The molecule has 3 aromatic rings. The fourth-order valence-electron chi connectivity index (χ4n) is 3.54. The second-order valence-electron chi connectivity index (χ2n) is 7.44. The number of fused-ring (bicyclic) bond motifs is 1. The van der Waals surface area contributed by atoms with E-state index in [4.69, 9.17) is 30.9 Å². The number of carbonyl (C=O) groups excluding carboxylic acids is 1. The van der Waals surface area contributed by atoms with Crippen LogP contribution in [-0.2, 0) is 17.3 Å². The van der Waals surface area contributed by atoms with Gasteiger partial charge in [0.2, 0.25) is 0 Å². The molecular weight excluding hydrogens is 488 g/mol. The van der Waals surface area contributed by atoms with Gasteiger partial charge in [-0.15, -0.1) is 0 Å². The summed E-state index contributed by atoms with van der Waals surface area (Å²) < 4.78 is 38.0. The second-order valence-corrected chi connectivity index (χ2v) is 9.10. The first-order valence-electron chi connectivity index (χ1n) is 10.4. The topological polar surface area (TPSA) is 105 Å². The molecular formula is C22H28ClF2N5O3S. The average Bonchev–Trinajstić information content (AvgIpc) is 3.19. The molecule has 4 rings (SSSR count). The van der Waals surface area contributed by atoms with E-state index in [1.807, 2.05) is 31.7 Å². The van der Waals surface area contributed by atoms with Gasteiger partial charge in [0, 0.05) is 30.8 Å². The predicted octanol–water partition coefficient (Wildman–Crippen LogP) is 4.63. The minimum atomic E-state index is -2.62. The van der Waals surface area contributed by atoms with Crippen LogP contribution in [0.25, 0.3) is 11.2 Å². The van der Waals surface area contributed by atoms with Crippen LogP contribution >= 0.6 is 23.4 Å². The fraction of sp³-hybridized carbons (Fsp3) is 0.455. The lowest BCUT2D eigenvalue weighted by Crippen LogP contribution is -2.30. The lowest BCUT2D eigenvalue weighted by atomic mass is 9.83. The summed E-state index contributed by atoms with van der Waals surface area (Å²) in [5.74, 6) is 3.72. The van der Waals surface area contributed by atoms with Crippen LogP contribution in [0.3, 0.4) is 0 Å². The Morgan fingerprint density at radius 3 is 2.56 bits per heavy atom. The number of halogens is 3. The summed E-state index contributed by atoms with van der Waals surface area (Å²) in [6.45, 7) is 3.47. The lowest BCUT2D eigenvalue weighted by Gasteiger charge is -2.32. The number of aryl methyl sites for hydroxylation is 1. The molecule has 1 saturated heterocycles. The van der Waals surface area contributed by atoms with Crippen molar-refractivity contribution in [2.75, 3.05) is 25.2 Å². The van der Waals surface area contributed by atoms with Crippen LogP contribution in [0.2, 0.25) is 5.02 Å². The first-order chi connectivity index (χ1) is 16.4. The number of thioether (sulfide) groups is 1. The van der Waals surface area contributed by atoms with E-state index in [1.54, 1.807) is 0 Å². The standard InChI is InChI=1S/C20H21ClF2N4O2S.CH5N.CH2O/c1-20(3-5-30-6-4-20)19-26-17-14(27(19)2)8-13(10-24-17)29-18-15(28-11-16(22)23)7-12(21)9-25-18;2*1-2/h7-10,16H,3-6,11H2,1-2H3;2H2,1H3;1H2. The van der Waals surface area contributed by atoms with Gasteiger partial charge >= 0.3 is 0 Å². The Hall–Kier alpha value is -2.50. The fourth-order valence-corrected chi connectivity index (χ4v) is 5.09. The molecule has 8 nitrogen and oxygen atoms in total. The minimum absolute atomic E-state index is 0.00966. The maximum Gasteiger partial charge on any atom is 0.272 e. The van der Waals surface area contributed by atoms with Crippen LogP contribution in [-0.4, -0.2) is 57.9 Å². The summed E-state index contributed by atoms with van der Waals surface area (Å²) in [7, 11) is 3.47. The molecule has 12 heteroatoms. The highest BCUT2D eigenvalue weighted by molar-refractivity contribution is 7.99. The molecule has 1 aliphatic rings. The molecule has 2 N–H and O–H groups in total. The maximum absolute atomic E-state index is 12.5. The summed E-state index contributed by atoms with van der Waals surface area (Å²) >= 11 is 7.88. The van der Waals surface area contributed by atoms with Gasteiger partial charge in [-0.25, -0.2) is 23.7 Å². The lowest BCUT2D eigenvalue weighted by molar-refractivity contribution is -0.0980. The molecule has 1 aliphatic heterocycles. The van der Waals surface area contributed by atoms with Crippen LogP contribution in [0.15, 0.2) is 24.5 Å². The van der Waals surface area contributed by atoms with Gasteiger partial charge in [0.15, 0.2) is 11.4 Å². The Balaban J connectivity index is 0.000000970. The highest BCUT2D eigenvalue weighted by Crippen LogP contribution is 2.39. The summed E-state index contributed by atoms with van der Waals surface area (Å²) in [5, 5.41) is 0.260. The monoisotopic (exact) mass is 515 g/mol. The van der Waals surface area contributed by atoms with Crippen molar-refractivity contribution >= 4 is 41.3 Å². The smallest absolute Gasteiger partial charge is 0.272 e. The molecule has 4 heterocycles. The van der Waals surface area contributed by atoms with Crippen LogP contribution in [0.1, 0.15) is 25.6 Å². The molecule has 34 heavy (non-hydrogen) atoms. The van der Waals surface area contributed by atoms with Crippen LogP contribution < -0.4 is 15.2 Å². The van der Waals surface area contributed by atoms with Gasteiger partial charge in [-0.1, -0.05) is 18.5 Å². The quantitative estimate of drug-likeness (QED) is 0.506. The molecule has 0 saturated carbocycles. The first kappa shape index (κ1) is 27.7. The van der Waals surface area contributed by atoms with Crippen LogP contribution in [0.5, 0.6) is 17.4 Å². The molecule has 0 aromatic carbocycles. The van der Waals surface area contributed by atoms with Crippen molar-refractivity contribution in [3.8, 4) is 17.4 Å². The van der Waals surface area contributed by atoms with Gasteiger partial charge in [0.1, 0.15) is 25.0 Å². The van der Waals surface area contributed by atoms with Crippen LogP contribution in [0, 0.1) is 0 Å². The normalized spacial score (nSPS) is 14.6. The van der Waals surface area contributed by atoms with Crippen LogP contribution in [0.4, 0.5) is 8.78 Å². The zero-order chi connectivity index (χ0) is 25.3. The van der Waals surface area contributed by atoms with Crippen molar-refractivity contribution in [1.29, 1.82) is 0 Å². The van der Waals surface area contributed by atoms with E-state index in [2.05, 4.69) is 27.2 Å². The van der Waals surface area contributed by atoms with Gasteiger partial charge in [0.05, 0.1) is 16.7 Å². The Bertz CT molecular complexity index is 1080. The number of hydrogen-bond donors (Lipinski definition) is 1. The Morgan fingerprint density at radius 1 is 1.24 bits per heavy atom. The van der Waals surface area contributed by atoms with E-state index in [9.17, 15) is 8.78 Å². The third-order valence-corrected chi connectivity index (χ3v) is 6.41. The zero-order valence-electron chi connectivity index (χ0n) is 19.3. The van der Waals surface area contributed by atoms with Gasteiger partial charge in [0.25, 0.3) is 12.3 Å². The SMILES string of the molecule is C=O.CN.Cn1c(C2(C)CCSCC2)nc2ncc(Oc3ncc(Cl)cc3OCC(F)F)cc21. The minimum Gasteiger partial charge on any atom is -0.482 e. The molecule has 0 bridgehead atoms. The number of nitrogens with zero attached hydrogens (tertiary/aromatic N) is 4. The van der Waals surface area contributed by atoms with Gasteiger partial charge < -0.3 is 24.6 Å². The van der Waals surface area contributed by atoms with Crippen molar-refractivity contribution < 1.29 is 23.0 Å². The number of alkyl halides is 2. The van der Waals surface area contributed by atoms with E-state index in [-0.39, 0.29) is 22.1 Å². The molecule has 1 fully saturated rings. The number of nitrogens with two attached hydrogens (primary N) is 1. The summed E-state index contributed by atoms with van der Waals surface area (Å²) in [4.78, 5) is 21.3. The molecule has 3 aromatic heterocycles. The highest BCUT2D eigenvalue weighted by atomic mass is 35.5. The molecule has 0 amide bonds. The summed E-state index contributed by atoms with van der Waals surface area (Å²) in [5.41, 5.74) is 5.97. The van der Waals surface area contributed by atoms with Crippen molar-refractivity contribution in [1.82, 2.24) is 19.5 Å². The van der Waals surface area contributed by atoms with Crippen molar-refractivity contribution in [2.45, 2.75) is 31.6 Å². The second kappa shape index (κ2) is 12.8. The van der Waals surface area contributed by atoms with Gasteiger partial charge in [-0.05, 0) is 31.4 Å². The van der Waals surface area contributed by atoms with Crippen molar-refractivity contribution in [3.05, 3.63) is 35.4 Å². The number of aromatic nitrogens is 4. The predicted molar refractivity (Wildman–Crippen MR) is 130 cm³/mol. The number of pyridine rings is 2. The zero-order valence-corrected chi connectivity index (χ0v) is 20.8. The number of imidazole rings is 1. The molecule has 0 atom stereocenters. The molecule has 0 unspecified atom stereocenters. The maximum atomic E-state index is 12.5. The third-order valence-electron chi connectivity index (χ3n) is 5.21. The number of carbonyl (C=O) groups is 1. The number of hydrogen-bond acceptors (Lipinski definition) is 8. The first-order valence-corrected chi connectivity index (χ1v) is 11.9. The number of rotatable bonds is 6. The summed E-state index contributed by atoms with van der Waals surface area (Å²) in [6, 6.07) is 3.20. The summed E-state index contributed by atoms with van der Waals surface area (Å²) in [6.07, 6.45) is 2.41. The van der Waals surface area contributed by atoms with E-state index in [0.29, 0.717) is 11.4 Å². The van der Waals surface area contributed by atoms with E-state index in [1.165, 1.54) is 25.5 Å². The van der Waals surface area contributed by atoms with E-state index >= 15 is 0 Å². The highest BCUT2D eigenvalue weighted by Gasteiger charge is 2.33. The Kier molecular flexibility index (Phi) is 10.5. The van der Waals surface area contributed by atoms with E-state index in [0.717, 1.165) is 35.7 Å². The largest absolute Gasteiger partial charge is 0.482 e. The Labute approximate surface area is 206 Å². The van der Waals surface area contributed by atoms with Gasteiger partial charge in [-0.2, -0.15) is 11.8 Å². The van der Waals surface area contributed by atoms with E-state index < -0.39 is 13.0 Å². The Morgan fingerprint density at radius 2 is 1.91 bits per heavy atom. The molecule has 0 aliphatic carbocycles. The average molecular weight is 516 g/mol. The molecule has 186 valence electrons.